The van der Waals surface area contributed by atoms with E-state index in [1.807, 2.05) is 24.3 Å². The van der Waals surface area contributed by atoms with Gasteiger partial charge in [0.2, 0.25) is 5.28 Å². The molecule has 0 fully saturated rings. The van der Waals surface area contributed by atoms with E-state index in [0.717, 1.165) is 11.1 Å². The van der Waals surface area contributed by atoms with Crippen molar-refractivity contribution in [2.75, 3.05) is 5.32 Å². The third-order valence-corrected chi connectivity index (χ3v) is 2.89. The largest absolute Gasteiger partial charge is 0.477 e. The second kappa shape index (κ2) is 6.16. The summed E-state index contributed by atoms with van der Waals surface area (Å²) in [5.74, 6) is -0.919. The Morgan fingerprint density at radius 2 is 2.20 bits per heavy atom. The van der Waals surface area contributed by atoms with Crippen LogP contribution in [0.25, 0.3) is 6.08 Å². The number of aromatic nitrogens is 2. The van der Waals surface area contributed by atoms with Crippen molar-refractivity contribution >= 4 is 29.5 Å². The minimum Gasteiger partial charge on any atom is -0.477 e. The fraction of sp³-hybridized carbons (Fsp3) is 0.0714. The molecule has 20 heavy (non-hydrogen) atoms. The summed E-state index contributed by atoms with van der Waals surface area (Å²) in [6.45, 7) is 4.15. The second-order valence-corrected chi connectivity index (χ2v) is 4.30. The van der Waals surface area contributed by atoms with Crippen LogP contribution in [0.1, 0.15) is 21.5 Å². The molecule has 102 valence electrons. The summed E-state index contributed by atoms with van der Waals surface area (Å²) in [7, 11) is 0. The first-order chi connectivity index (χ1) is 9.61. The van der Waals surface area contributed by atoms with Crippen LogP contribution in [0.5, 0.6) is 0 Å². The predicted molar refractivity (Wildman–Crippen MR) is 77.9 cm³/mol. The van der Waals surface area contributed by atoms with Crippen molar-refractivity contribution in [3.05, 3.63) is 59.0 Å². The summed E-state index contributed by atoms with van der Waals surface area (Å²) >= 11 is 5.69. The molecule has 0 aliphatic heterocycles. The summed E-state index contributed by atoms with van der Waals surface area (Å²) in [4.78, 5) is 18.7. The molecule has 5 nitrogen and oxygen atoms in total. The van der Waals surface area contributed by atoms with Gasteiger partial charge in [0.15, 0.2) is 0 Å². The van der Waals surface area contributed by atoms with E-state index in [4.69, 9.17) is 16.7 Å². The van der Waals surface area contributed by atoms with E-state index in [9.17, 15) is 4.79 Å². The van der Waals surface area contributed by atoms with Crippen LogP contribution in [0.3, 0.4) is 0 Å². The number of hydrogen-bond donors (Lipinski definition) is 2. The minimum absolute atomic E-state index is 0.00509. The quantitative estimate of drug-likeness (QED) is 0.827. The van der Waals surface area contributed by atoms with Gasteiger partial charge in [0.1, 0.15) is 11.4 Å². The van der Waals surface area contributed by atoms with Crippen LogP contribution < -0.4 is 5.32 Å². The van der Waals surface area contributed by atoms with Gasteiger partial charge in [-0.2, -0.15) is 4.98 Å². The van der Waals surface area contributed by atoms with Gasteiger partial charge in [-0.15, -0.1) is 0 Å². The van der Waals surface area contributed by atoms with Crippen molar-refractivity contribution in [1.82, 2.24) is 9.97 Å². The molecule has 6 heteroatoms. The zero-order chi connectivity index (χ0) is 14.5. The third-order valence-electron chi connectivity index (χ3n) is 2.71. The Bertz CT molecular complexity index is 659. The maximum Gasteiger partial charge on any atom is 0.341 e. The summed E-state index contributed by atoms with van der Waals surface area (Å²) < 4.78 is 0. The number of carboxylic acids is 1. The highest BCUT2D eigenvalue weighted by Crippen LogP contribution is 2.17. The lowest BCUT2D eigenvalue weighted by Gasteiger charge is -2.10. The van der Waals surface area contributed by atoms with E-state index in [0.29, 0.717) is 6.54 Å². The lowest BCUT2D eigenvalue weighted by atomic mass is 10.1. The van der Waals surface area contributed by atoms with Crippen LogP contribution in [-0.2, 0) is 6.54 Å². The van der Waals surface area contributed by atoms with Crippen molar-refractivity contribution in [2.45, 2.75) is 6.54 Å². The maximum absolute atomic E-state index is 11.1. The molecule has 2 rings (SSSR count). The molecule has 0 bridgehead atoms. The van der Waals surface area contributed by atoms with Crippen LogP contribution in [0, 0.1) is 0 Å². The number of benzene rings is 1. The summed E-state index contributed by atoms with van der Waals surface area (Å²) in [5.41, 5.74) is 1.93. The first kappa shape index (κ1) is 14.0. The van der Waals surface area contributed by atoms with Crippen LogP contribution >= 0.6 is 11.6 Å². The molecule has 0 unspecified atom stereocenters. The van der Waals surface area contributed by atoms with Gasteiger partial charge in [-0.1, -0.05) is 36.9 Å². The number of nitrogens with one attached hydrogen (secondary N) is 1. The molecule has 1 aromatic carbocycles. The first-order valence-corrected chi connectivity index (χ1v) is 6.19. The minimum atomic E-state index is -1.11. The Hall–Kier alpha value is -2.40. The molecule has 0 atom stereocenters. The molecule has 1 heterocycles. The van der Waals surface area contributed by atoms with Crippen molar-refractivity contribution < 1.29 is 9.90 Å². The number of halogens is 1. The number of rotatable bonds is 5. The summed E-state index contributed by atoms with van der Waals surface area (Å²) in [5, 5.41) is 12.0. The van der Waals surface area contributed by atoms with E-state index < -0.39 is 5.97 Å². The van der Waals surface area contributed by atoms with Crippen molar-refractivity contribution in [3.8, 4) is 0 Å². The van der Waals surface area contributed by atoms with Crippen LogP contribution in [0.2, 0.25) is 5.28 Å². The Balaban J connectivity index is 2.24. The number of hydrogen-bond acceptors (Lipinski definition) is 4. The summed E-state index contributed by atoms with van der Waals surface area (Å²) in [6.07, 6.45) is 2.92. The molecule has 2 aromatic rings. The molecule has 0 saturated carbocycles. The van der Waals surface area contributed by atoms with Gasteiger partial charge in [0, 0.05) is 12.7 Å². The molecule has 0 saturated heterocycles. The Kier molecular flexibility index (Phi) is 4.32. The van der Waals surface area contributed by atoms with E-state index >= 15 is 0 Å². The SMILES string of the molecule is C=Cc1ccccc1CNc1nc(Cl)ncc1C(=O)O. The summed E-state index contributed by atoms with van der Waals surface area (Å²) in [6, 6.07) is 7.65. The Morgan fingerprint density at radius 3 is 2.90 bits per heavy atom. The average Bonchev–Trinajstić information content (AvgIpc) is 2.45. The van der Waals surface area contributed by atoms with Crippen LogP contribution in [0.15, 0.2) is 37.0 Å². The third kappa shape index (κ3) is 3.13. The van der Waals surface area contributed by atoms with Crippen molar-refractivity contribution in [2.24, 2.45) is 0 Å². The predicted octanol–water partition coefficient (Wildman–Crippen LogP) is 3.08. The molecule has 0 amide bonds. The Labute approximate surface area is 121 Å². The van der Waals surface area contributed by atoms with Gasteiger partial charge < -0.3 is 10.4 Å². The highest BCUT2D eigenvalue weighted by molar-refractivity contribution is 6.28. The van der Waals surface area contributed by atoms with Gasteiger partial charge in [0.25, 0.3) is 0 Å². The fourth-order valence-electron chi connectivity index (χ4n) is 1.72. The van der Waals surface area contributed by atoms with Gasteiger partial charge in [-0.05, 0) is 22.7 Å². The molecular weight excluding hydrogens is 278 g/mol. The van der Waals surface area contributed by atoms with E-state index in [1.54, 1.807) is 6.08 Å². The van der Waals surface area contributed by atoms with Crippen LogP contribution in [-0.4, -0.2) is 21.0 Å². The van der Waals surface area contributed by atoms with Gasteiger partial charge >= 0.3 is 5.97 Å². The molecule has 0 aliphatic rings. The first-order valence-electron chi connectivity index (χ1n) is 5.82. The topological polar surface area (TPSA) is 75.1 Å². The highest BCUT2D eigenvalue weighted by atomic mass is 35.5. The lowest BCUT2D eigenvalue weighted by molar-refractivity contribution is 0.0697. The number of carboxylic acid groups (broad SMARTS) is 1. The molecule has 0 aliphatic carbocycles. The monoisotopic (exact) mass is 289 g/mol. The fourth-order valence-corrected chi connectivity index (χ4v) is 1.86. The number of carbonyl (C=O) groups is 1. The molecule has 1 aromatic heterocycles. The standard InChI is InChI=1S/C14H12ClN3O2/c1-2-9-5-3-4-6-10(9)7-16-12-11(13(19)20)8-17-14(15)18-12/h2-6,8H,1,7H2,(H,19,20)(H,16,17,18). The lowest BCUT2D eigenvalue weighted by Crippen LogP contribution is -2.10. The molecule has 2 N–H and O–H groups in total. The maximum atomic E-state index is 11.1. The van der Waals surface area contributed by atoms with E-state index in [2.05, 4.69) is 21.9 Å². The zero-order valence-electron chi connectivity index (χ0n) is 10.5. The average molecular weight is 290 g/mol. The van der Waals surface area contributed by atoms with E-state index in [1.165, 1.54) is 6.20 Å². The van der Waals surface area contributed by atoms with E-state index in [-0.39, 0.29) is 16.7 Å². The highest BCUT2D eigenvalue weighted by Gasteiger charge is 2.13. The molecular formula is C14H12ClN3O2. The van der Waals surface area contributed by atoms with Crippen molar-refractivity contribution in [1.29, 1.82) is 0 Å². The van der Waals surface area contributed by atoms with Gasteiger partial charge in [0.05, 0.1) is 0 Å². The van der Waals surface area contributed by atoms with Gasteiger partial charge in [-0.25, -0.2) is 9.78 Å². The smallest absolute Gasteiger partial charge is 0.341 e. The Morgan fingerprint density at radius 1 is 1.45 bits per heavy atom. The number of anilines is 1. The zero-order valence-corrected chi connectivity index (χ0v) is 11.3. The van der Waals surface area contributed by atoms with Crippen molar-refractivity contribution in [3.63, 3.8) is 0 Å². The molecule has 0 spiro atoms. The second-order valence-electron chi connectivity index (χ2n) is 3.96. The number of nitrogens with zero attached hydrogens (tertiary/aromatic N) is 2. The van der Waals surface area contributed by atoms with Crippen LogP contribution in [0.4, 0.5) is 5.82 Å². The van der Waals surface area contributed by atoms with Gasteiger partial charge in [-0.3, -0.25) is 0 Å². The number of aromatic carboxylic acids is 1. The normalized spacial score (nSPS) is 10.1. The molecule has 0 radical (unpaired) electrons.